The third-order valence-electron chi connectivity index (χ3n) is 5.48. The number of nitrogens with zero attached hydrogens (tertiary/aromatic N) is 3. The lowest BCUT2D eigenvalue weighted by atomic mass is 9.94. The van der Waals surface area contributed by atoms with E-state index in [0.717, 1.165) is 33.7 Å². The summed E-state index contributed by atoms with van der Waals surface area (Å²) in [5.74, 6) is 1.76. The largest absolute Gasteiger partial charge is 0.497 e. The smallest absolute Gasteiger partial charge is 0.258 e. The second-order valence-corrected chi connectivity index (χ2v) is 7.98. The molecule has 166 valence electrons. The molecular weight excluding hydrogens is 424 g/mol. The number of allylic oxidation sites excluding steroid dienone is 1. The number of hydrogen-bond donors (Lipinski definition) is 1. The molecule has 0 fully saturated rings. The first kappa shape index (κ1) is 22.0. The maximum Gasteiger partial charge on any atom is 0.258 e. The molecule has 8 heteroatoms. The quantitative estimate of drug-likeness (QED) is 0.532. The van der Waals surface area contributed by atoms with E-state index in [1.807, 2.05) is 67.3 Å². The maximum absolute atomic E-state index is 5.77. The fourth-order valence-electron chi connectivity index (χ4n) is 3.82. The van der Waals surface area contributed by atoms with Gasteiger partial charge in [0.05, 0.1) is 25.3 Å². The summed E-state index contributed by atoms with van der Waals surface area (Å²) in [4.78, 5) is 6.75. The van der Waals surface area contributed by atoms with Crippen molar-refractivity contribution in [1.29, 1.82) is 0 Å². The van der Waals surface area contributed by atoms with Crippen molar-refractivity contribution in [1.82, 2.24) is 20.4 Å². The van der Waals surface area contributed by atoms with Gasteiger partial charge in [-0.3, -0.25) is 0 Å². The number of thiocarbonyl (C=S) groups is 1. The second-order valence-electron chi connectivity index (χ2n) is 7.60. The normalized spacial score (nSPS) is 16.3. The highest BCUT2D eigenvalue weighted by Gasteiger charge is 2.34. The molecular formula is C24H26N4O3S. The van der Waals surface area contributed by atoms with Gasteiger partial charge in [0.1, 0.15) is 5.75 Å². The lowest BCUT2D eigenvalue weighted by molar-refractivity contribution is 0.183. The van der Waals surface area contributed by atoms with Crippen molar-refractivity contribution in [3.05, 3.63) is 71.2 Å². The zero-order valence-electron chi connectivity index (χ0n) is 18.6. The van der Waals surface area contributed by atoms with Gasteiger partial charge in [-0.05, 0) is 49.8 Å². The standard InChI is InChI=1S/C24H26N4O3S/c1-15-7-5-9-18(13-15)22-26-23(31-27-22)20-16(2)28(11-12-29-3)24(32)25-21(20)17-8-6-10-19(14-17)30-4/h5-10,13-14,21H,11-12H2,1-4H3,(H,25,32). The molecule has 3 aromatic rings. The van der Waals surface area contributed by atoms with Gasteiger partial charge in [0, 0.05) is 24.9 Å². The zero-order valence-corrected chi connectivity index (χ0v) is 19.4. The fourth-order valence-corrected chi connectivity index (χ4v) is 4.16. The summed E-state index contributed by atoms with van der Waals surface area (Å²) in [6, 6.07) is 15.6. The molecule has 0 saturated heterocycles. The van der Waals surface area contributed by atoms with Gasteiger partial charge in [-0.25, -0.2) is 0 Å². The highest BCUT2D eigenvalue weighted by atomic mass is 32.1. The first-order valence-electron chi connectivity index (χ1n) is 10.3. The van der Waals surface area contributed by atoms with Gasteiger partial charge in [-0.2, -0.15) is 4.98 Å². The number of aryl methyl sites for hydroxylation is 1. The van der Waals surface area contributed by atoms with Crippen molar-refractivity contribution in [2.75, 3.05) is 27.4 Å². The monoisotopic (exact) mass is 450 g/mol. The SMILES string of the molecule is COCCN1C(=S)NC(c2cccc(OC)c2)C(c2nc(-c3cccc(C)c3)no2)=C1C. The molecule has 0 amide bonds. The summed E-state index contributed by atoms with van der Waals surface area (Å²) < 4.78 is 16.5. The first-order valence-corrected chi connectivity index (χ1v) is 10.8. The van der Waals surface area contributed by atoms with Gasteiger partial charge in [0.15, 0.2) is 5.11 Å². The summed E-state index contributed by atoms with van der Waals surface area (Å²) in [7, 11) is 3.32. The third-order valence-corrected chi connectivity index (χ3v) is 5.81. The molecule has 0 aliphatic carbocycles. The van der Waals surface area contributed by atoms with Crippen LogP contribution < -0.4 is 10.1 Å². The molecule has 1 atom stereocenters. The van der Waals surface area contributed by atoms with Crippen molar-refractivity contribution in [3.63, 3.8) is 0 Å². The molecule has 0 radical (unpaired) electrons. The summed E-state index contributed by atoms with van der Waals surface area (Å²) in [6.07, 6.45) is 0. The van der Waals surface area contributed by atoms with Gasteiger partial charge in [0.25, 0.3) is 5.89 Å². The molecule has 2 aromatic carbocycles. The Bertz CT molecular complexity index is 1160. The molecule has 1 N–H and O–H groups in total. The minimum absolute atomic E-state index is 0.262. The van der Waals surface area contributed by atoms with E-state index < -0.39 is 0 Å². The molecule has 1 unspecified atom stereocenters. The van der Waals surface area contributed by atoms with E-state index in [-0.39, 0.29) is 6.04 Å². The van der Waals surface area contributed by atoms with Crippen molar-refractivity contribution in [2.24, 2.45) is 0 Å². The minimum atomic E-state index is -0.262. The van der Waals surface area contributed by atoms with E-state index in [4.69, 9.17) is 31.2 Å². The van der Waals surface area contributed by atoms with Crippen LogP contribution in [-0.2, 0) is 4.74 Å². The molecule has 0 spiro atoms. The number of rotatable bonds is 7. The Balaban J connectivity index is 1.81. The van der Waals surface area contributed by atoms with Crippen LogP contribution in [0.1, 0.15) is 30.0 Å². The van der Waals surface area contributed by atoms with Crippen LogP contribution >= 0.6 is 12.2 Å². The summed E-state index contributed by atoms with van der Waals surface area (Å²) in [5, 5.41) is 8.32. The second kappa shape index (κ2) is 9.50. The Morgan fingerprint density at radius 1 is 1.12 bits per heavy atom. The molecule has 0 bridgehead atoms. The van der Waals surface area contributed by atoms with E-state index in [1.54, 1.807) is 14.2 Å². The molecule has 32 heavy (non-hydrogen) atoms. The highest BCUT2D eigenvalue weighted by molar-refractivity contribution is 7.80. The Morgan fingerprint density at radius 2 is 1.94 bits per heavy atom. The number of aromatic nitrogens is 2. The van der Waals surface area contributed by atoms with Crippen LogP contribution in [0.2, 0.25) is 0 Å². The van der Waals surface area contributed by atoms with Crippen molar-refractivity contribution in [2.45, 2.75) is 19.9 Å². The van der Waals surface area contributed by atoms with E-state index in [2.05, 4.69) is 10.5 Å². The summed E-state index contributed by atoms with van der Waals surface area (Å²) in [5.41, 5.74) is 4.84. The first-order chi connectivity index (χ1) is 15.5. The predicted molar refractivity (Wildman–Crippen MR) is 127 cm³/mol. The Labute approximate surface area is 193 Å². The van der Waals surface area contributed by atoms with Crippen LogP contribution in [0.25, 0.3) is 17.0 Å². The number of ether oxygens (including phenoxy) is 2. The predicted octanol–water partition coefficient (Wildman–Crippen LogP) is 4.36. The van der Waals surface area contributed by atoms with Crippen LogP contribution in [0, 0.1) is 6.92 Å². The number of nitrogens with one attached hydrogen (secondary N) is 1. The van der Waals surface area contributed by atoms with Crippen molar-refractivity contribution in [3.8, 4) is 17.1 Å². The van der Waals surface area contributed by atoms with Gasteiger partial charge in [0.2, 0.25) is 5.82 Å². The molecule has 1 aromatic heterocycles. The average Bonchev–Trinajstić information content (AvgIpc) is 3.28. The van der Waals surface area contributed by atoms with Crippen LogP contribution in [-0.4, -0.2) is 47.5 Å². The molecule has 1 aliphatic heterocycles. The van der Waals surface area contributed by atoms with Gasteiger partial charge >= 0.3 is 0 Å². The highest BCUT2D eigenvalue weighted by Crippen LogP contribution is 2.38. The van der Waals surface area contributed by atoms with Crippen LogP contribution in [0.4, 0.5) is 0 Å². The van der Waals surface area contributed by atoms with E-state index in [9.17, 15) is 0 Å². The molecule has 2 heterocycles. The van der Waals surface area contributed by atoms with E-state index >= 15 is 0 Å². The minimum Gasteiger partial charge on any atom is -0.497 e. The Kier molecular flexibility index (Phi) is 6.53. The van der Waals surface area contributed by atoms with Crippen LogP contribution in [0.5, 0.6) is 5.75 Å². The number of benzene rings is 2. The fraction of sp³-hybridized carbons (Fsp3) is 0.292. The molecule has 7 nitrogen and oxygen atoms in total. The average molecular weight is 451 g/mol. The number of hydrogen-bond acceptors (Lipinski definition) is 6. The summed E-state index contributed by atoms with van der Waals surface area (Å²) >= 11 is 5.68. The molecule has 4 rings (SSSR count). The molecule has 1 aliphatic rings. The lowest BCUT2D eigenvalue weighted by Crippen LogP contribution is -2.47. The Hall–Kier alpha value is -3.23. The Morgan fingerprint density at radius 3 is 2.69 bits per heavy atom. The van der Waals surface area contributed by atoms with Crippen molar-refractivity contribution < 1.29 is 14.0 Å². The van der Waals surface area contributed by atoms with Gasteiger partial charge in [-0.15, -0.1) is 0 Å². The number of methoxy groups -OCH3 is 2. The summed E-state index contributed by atoms with van der Waals surface area (Å²) in [6.45, 7) is 5.20. The molecule has 0 saturated carbocycles. The van der Waals surface area contributed by atoms with Crippen molar-refractivity contribution >= 4 is 22.9 Å². The zero-order chi connectivity index (χ0) is 22.7. The van der Waals surface area contributed by atoms with Crippen LogP contribution in [0.3, 0.4) is 0 Å². The van der Waals surface area contributed by atoms with E-state index in [1.165, 1.54) is 0 Å². The van der Waals surface area contributed by atoms with Gasteiger partial charge < -0.3 is 24.2 Å². The lowest BCUT2D eigenvalue weighted by Gasteiger charge is -2.37. The van der Waals surface area contributed by atoms with Crippen LogP contribution in [0.15, 0.2) is 58.8 Å². The maximum atomic E-state index is 5.77. The van der Waals surface area contributed by atoms with Gasteiger partial charge in [-0.1, -0.05) is 41.1 Å². The topological polar surface area (TPSA) is 72.7 Å². The van der Waals surface area contributed by atoms with E-state index in [0.29, 0.717) is 30.0 Å². The third kappa shape index (κ3) is 4.37.